The fourth-order valence-electron chi connectivity index (χ4n) is 1.71. The second-order valence-electron chi connectivity index (χ2n) is 4.57. The van der Waals surface area contributed by atoms with Gasteiger partial charge in [-0.2, -0.15) is 0 Å². The summed E-state index contributed by atoms with van der Waals surface area (Å²) in [7, 11) is 0. The number of hydrogen-bond donors (Lipinski definition) is 0. The Morgan fingerprint density at radius 1 is 1.24 bits per heavy atom. The first-order valence-electron chi connectivity index (χ1n) is 6.91. The summed E-state index contributed by atoms with van der Waals surface area (Å²) >= 11 is 0. The molecule has 0 amide bonds. The van der Waals surface area contributed by atoms with Gasteiger partial charge in [-0.3, -0.25) is 4.79 Å². The molecule has 0 aliphatic carbocycles. The molecule has 0 saturated carbocycles. The molecule has 0 saturated heterocycles. The van der Waals surface area contributed by atoms with Crippen LogP contribution in [0.1, 0.15) is 59.8 Å². The number of ether oxygens (including phenoxy) is 2. The van der Waals surface area contributed by atoms with E-state index in [4.69, 9.17) is 9.47 Å². The van der Waals surface area contributed by atoms with E-state index in [9.17, 15) is 4.79 Å². The van der Waals surface area contributed by atoms with Gasteiger partial charge in [0.2, 0.25) is 0 Å². The topological polar surface area (TPSA) is 35.5 Å². The molecule has 0 fully saturated rings. The van der Waals surface area contributed by atoms with Gasteiger partial charge in [-0.25, -0.2) is 0 Å². The van der Waals surface area contributed by atoms with E-state index in [1.165, 1.54) is 19.3 Å². The van der Waals surface area contributed by atoms with E-state index in [1.54, 1.807) is 0 Å². The molecule has 2 unspecified atom stereocenters. The average Bonchev–Trinajstić information content (AvgIpc) is 2.29. The molecule has 0 aliphatic heterocycles. The Hall–Kier alpha value is -0.570. The van der Waals surface area contributed by atoms with E-state index in [1.807, 2.05) is 13.8 Å². The number of carbonyl (C=O) groups is 1. The number of carbonyl (C=O) groups excluding carboxylic acids is 1. The van der Waals surface area contributed by atoms with Gasteiger partial charge in [0.15, 0.2) is 0 Å². The van der Waals surface area contributed by atoms with Crippen molar-refractivity contribution in [2.24, 2.45) is 5.92 Å². The minimum Gasteiger partial charge on any atom is -0.466 e. The minimum absolute atomic E-state index is 0.0373. The van der Waals surface area contributed by atoms with Crippen LogP contribution >= 0.6 is 0 Å². The van der Waals surface area contributed by atoms with Gasteiger partial charge in [-0.15, -0.1) is 0 Å². The van der Waals surface area contributed by atoms with Crippen LogP contribution < -0.4 is 0 Å². The summed E-state index contributed by atoms with van der Waals surface area (Å²) in [4.78, 5) is 11.2. The molecule has 0 aromatic rings. The molecular formula is C14H28O3. The van der Waals surface area contributed by atoms with Crippen molar-refractivity contribution in [3.05, 3.63) is 0 Å². The predicted molar refractivity (Wildman–Crippen MR) is 70.0 cm³/mol. The Bertz CT molecular complexity index is 192. The largest absolute Gasteiger partial charge is 0.466 e. The molecule has 3 heteroatoms. The van der Waals surface area contributed by atoms with E-state index >= 15 is 0 Å². The molecule has 102 valence electrons. The fraction of sp³-hybridized carbons (Fsp3) is 0.929. The van der Waals surface area contributed by atoms with Crippen molar-refractivity contribution in [3.63, 3.8) is 0 Å². The van der Waals surface area contributed by atoms with Gasteiger partial charge in [-0.05, 0) is 26.2 Å². The standard InChI is InChI=1S/C14H28O3/c1-5-8-9-13(6-2)11-17-12(4)10-14(15)16-7-3/h12-13H,5-11H2,1-4H3. The van der Waals surface area contributed by atoms with Crippen LogP contribution in [-0.2, 0) is 14.3 Å². The molecule has 0 N–H and O–H groups in total. The van der Waals surface area contributed by atoms with Gasteiger partial charge >= 0.3 is 5.97 Å². The molecule has 0 spiro atoms. The lowest BCUT2D eigenvalue weighted by molar-refractivity contribution is -0.146. The van der Waals surface area contributed by atoms with Crippen molar-refractivity contribution in [1.82, 2.24) is 0 Å². The number of hydrogen-bond acceptors (Lipinski definition) is 3. The highest BCUT2D eigenvalue weighted by molar-refractivity contribution is 5.69. The zero-order valence-electron chi connectivity index (χ0n) is 11.8. The molecule has 0 aromatic carbocycles. The summed E-state index contributed by atoms with van der Waals surface area (Å²) < 4.78 is 10.6. The van der Waals surface area contributed by atoms with E-state index in [2.05, 4.69) is 13.8 Å². The summed E-state index contributed by atoms with van der Waals surface area (Å²) in [5, 5.41) is 0. The molecule has 0 radical (unpaired) electrons. The van der Waals surface area contributed by atoms with Crippen LogP contribution in [0.15, 0.2) is 0 Å². The van der Waals surface area contributed by atoms with Crippen molar-refractivity contribution in [2.45, 2.75) is 65.9 Å². The zero-order valence-corrected chi connectivity index (χ0v) is 11.8. The Morgan fingerprint density at radius 3 is 2.47 bits per heavy atom. The molecule has 0 bridgehead atoms. The van der Waals surface area contributed by atoms with Crippen molar-refractivity contribution >= 4 is 5.97 Å². The SMILES string of the molecule is CCCCC(CC)COC(C)CC(=O)OCC. The summed E-state index contributed by atoms with van der Waals surface area (Å²) in [5.41, 5.74) is 0. The Balaban J connectivity index is 3.72. The van der Waals surface area contributed by atoms with Crippen molar-refractivity contribution in [3.8, 4) is 0 Å². The molecule has 0 rings (SSSR count). The quantitative estimate of drug-likeness (QED) is 0.551. The second kappa shape index (κ2) is 10.6. The van der Waals surface area contributed by atoms with Gasteiger partial charge in [0.05, 0.1) is 19.1 Å². The van der Waals surface area contributed by atoms with Gasteiger partial charge in [0.1, 0.15) is 0 Å². The van der Waals surface area contributed by atoms with E-state index in [0.29, 0.717) is 18.9 Å². The monoisotopic (exact) mass is 244 g/mol. The average molecular weight is 244 g/mol. The highest BCUT2D eigenvalue weighted by Crippen LogP contribution is 2.14. The Kier molecular flexibility index (Phi) is 10.2. The lowest BCUT2D eigenvalue weighted by Gasteiger charge is -2.18. The maximum Gasteiger partial charge on any atom is 0.308 e. The number of unbranched alkanes of at least 4 members (excludes halogenated alkanes) is 1. The molecular weight excluding hydrogens is 216 g/mol. The highest BCUT2D eigenvalue weighted by Gasteiger charge is 2.13. The number of rotatable bonds is 10. The normalized spacial score (nSPS) is 14.4. The second-order valence-corrected chi connectivity index (χ2v) is 4.57. The molecule has 0 aliphatic rings. The lowest BCUT2D eigenvalue weighted by Crippen LogP contribution is -2.20. The highest BCUT2D eigenvalue weighted by atomic mass is 16.5. The smallest absolute Gasteiger partial charge is 0.308 e. The minimum atomic E-state index is -0.165. The van der Waals surface area contributed by atoms with Crippen molar-refractivity contribution < 1.29 is 14.3 Å². The van der Waals surface area contributed by atoms with Crippen LogP contribution in [0.25, 0.3) is 0 Å². The number of esters is 1. The maximum absolute atomic E-state index is 11.2. The van der Waals surface area contributed by atoms with E-state index in [-0.39, 0.29) is 12.1 Å². The van der Waals surface area contributed by atoms with Gasteiger partial charge in [-0.1, -0.05) is 33.1 Å². The predicted octanol–water partition coefficient (Wildman–Crippen LogP) is 3.56. The maximum atomic E-state index is 11.2. The molecule has 2 atom stereocenters. The third kappa shape index (κ3) is 9.16. The third-order valence-electron chi connectivity index (χ3n) is 2.92. The molecule has 3 nitrogen and oxygen atoms in total. The van der Waals surface area contributed by atoms with Crippen molar-refractivity contribution in [2.75, 3.05) is 13.2 Å². The van der Waals surface area contributed by atoms with Gasteiger partial charge < -0.3 is 9.47 Å². The first kappa shape index (κ1) is 16.4. The molecule has 17 heavy (non-hydrogen) atoms. The Labute approximate surface area is 106 Å². The summed E-state index contributed by atoms with van der Waals surface area (Å²) in [6, 6.07) is 0. The van der Waals surface area contributed by atoms with E-state index in [0.717, 1.165) is 13.0 Å². The Morgan fingerprint density at radius 2 is 1.94 bits per heavy atom. The molecule has 0 heterocycles. The first-order valence-corrected chi connectivity index (χ1v) is 6.91. The van der Waals surface area contributed by atoms with E-state index < -0.39 is 0 Å². The fourth-order valence-corrected chi connectivity index (χ4v) is 1.71. The first-order chi connectivity index (χ1) is 8.13. The van der Waals surface area contributed by atoms with Crippen molar-refractivity contribution in [1.29, 1.82) is 0 Å². The van der Waals surface area contributed by atoms with Gasteiger partial charge in [0.25, 0.3) is 0 Å². The van der Waals surface area contributed by atoms with Crippen LogP contribution in [-0.4, -0.2) is 25.3 Å². The summed E-state index contributed by atoms with van der Waals surface area (Å²) in [6.45, 7) is 9.36. The summed E-state index contributed by atoms with van der Waals surface area (Å²) in [6.07, 6.45) is 5.18. The third-order valence-corrected chi connectivity index (χ3v) is 2.92. The zero-order chi connectivity index (χ0) is 13.1. The van der Waals surface area contributed by atoms with Gasteiger partial charge in [0, 0.05) is 6.61 Å². The van der Waals surface area contributed by atoms with Crippen LogP contribution in [0.5, 0.6) is 0 Å². The summed E-state index contributed by atoms with van der Waals surface area (Å²) in [5.74, 6) is 0.459. The van der Waals surface area contributed by atoms with Crippen LogP contribution in [0, 0.1) is 5.92 Å². The van der Waals surface area contributed by atoms with Crippen LogP contribution in [0.4, 0.5) is 0 Å². The van der Waals surface area contributed by atoms with Crippen LogP contribution in [0.3, 0.4) is 0 Å². The molecule has 0 aromatic heterocycles. The van der Waals surface area contributed by atoms with Crippen LogP contribution in [0.2, 0.25) is 0 Å². The lowest BCUT2D eigenvalue weighted by atomic mass is 10.0.